The lowest BCUT2D eigenvalue weighted by molar-refractivity contribution is -0.162. The van der Waals surface area contributed by atoms with Crippen molar-refractivity contribution >= 4 is 0 Å². The molecule has 1 heteroatoms. The van der Waals surface area contributed by atoms with Crippen molar-refractivity contribution in [3.63, 3.8) is 0 Å². The molecule has 4 aliphatic rings. The van der Waals surface area contributed by atoms with E-state index in [1.807, 2.05) is 0 Å². The zero-order valence-corrected chi connectivity index (χ0v) is 13.4. The van der Waals surface area contributed by atoms with Crippen molar-refractivity contribution in [3.05, 3.63) is 0 Å². The first-order valence-corrected chi connectivity index (χ1v) is 9.23. The third-order valence-electron chi connectivity index (χ3n) is 8.29. The summed E-state index contributed by atoms with van der Waals surface area (Å²) < 4.78 is 0. The number of hydrogen-bond acceptors (Lipinski definition) is 1. The summed E-state index contributed by atoms with van der Waals surface area (Å²) in [6.45, 7) is 5.04. The normalized spacial score (nSPS) is 58.6. The molecule has 0 aromatic carbocycles. The minimum Gasteiger partial charge on any atom is -0.393 e. The standard InChI is InChI=1S/C19H32O/c1-18-10-5-7-15(18)14-9-8-13-6-3-4-11-19(13,2)17(14)16(20)12-18/h13-17,20H,3-12H2,1-2H3/t13?,14?,15?,16-,17?,18?,19?/m0/s1. The predicted molar refractivity (Wildman–Crippen MR) is 82.4 cm³/mol. The van der Waals surface area contributed by atoms with E-state index in [0.29, 0.717) is 16.7 Å². The fourth-order valence-electron chi connectivity index (χ4n) is 7.43. The Morgan fingerprint density at radius 3 is 2.60 bits per heavy atom. The van der Waals surface area contributed by atoms with Gasteiger partial charge in [0.15, 0.2) is 0 Å². The third-order valence-corrected chi connectivity index (χ3v) is 8.29. The first-order valence-electron chi connectivity index (χ1n) is 9.23. The van der Waals surface area contributed by atoms with Gasteiger partial charge in [0.05, 0.1) is 6.10 Å². The van der Waals surface area contributed by atoms with Crippen molar-refractivity contribution in [3.8, 4) is 0 Å². The summed E-state index contributed by atoms with van der Waals surface area (Å²) in [7, 11) is 0. The molecular formula is C19H32O. The van der Waals surface area contributed by atoms with E-state index in [-0.39, 0.29) is 6.10 Å². The van der Waals surface area contributed by atoms with Gasteiger partial charge in [0.2, 0.25) is 0 Å². The highest BCUT2D eigenvalue weighted by molar-refractivity contribution is 5.09. The molecule has 4 saturated carbocycles. The highest BCUT2D eigenvalue weighted by Gasteiger charge is 2.60. The van der Waals surface area contributed by atoms with Crippen molar-refractivity contribution < 1.29 is 5.11 Å². The molecule has 0 saturated heterocycles. The Balaban J connectivity index is 1.69. The number of hydrogen-bond donors (Lipinski definition) is 1. The highest BCUT2D eigenvalue weighted by Crippen LogP contribution is 2.66. The van der Waals surface area contributed by atoms with Gasteiger partial charge in [-0.2, -0.15) is 0 Å². The third kappa shape index (κ3) is 1.71. The second-order valence-electron chi connectivity index (χ2n) is 9.14. The molecule has 20 heavy (non-hydrogen) atoms. The number of aliphatic hydroxyl groups excluding tert-OH is 1. The molecule has 0 radical (unpaired) electrons. The smallest absolute Gasteiger partial charge is 0.0581 e. The van der Waals surface area contributed by atoms with Gasteiger partial charge in [0.1, 0.15) is 0 Å². The van der Waals surface area contributed by atoms with Crippen LogP contribution >= 0.6 is 0 Å². The van der Waals surface area contributed by atoms with Crippen LogP contribution < -0.4 is 0 Å². The first-order chi connectivity index (χ1) is 9.55. The van der Waals surface area contributed by atoms with Gasteiger partial charge in [-0.15, -0.1) is 0 Å². The Morgan fingerprint density at radius 1 is 0.900 bits per heavy atom. The summed E-state index contributed by atoms with van der Waals surface area (Å²) in [6, 6.07) is 0. The topological polar surface area (TPSA) is 20.2 Å². The molecule has 1 nitrogen and oxygen atoms in total. The van der Waals surface area contributed by atoms with Crippen LogP contribution in [0.25, 0.3) is 0 Å². The average Bonchev–Trinajstić information content (AvgIpc) is 2.78. The second-order valence-corrected chi connectivity index (χ2v) is 9.14. The van der Waals surface area contributed by atoms with Gasteiger partial charge in [0, 0.05) is 0 Å². The molecule has 0 spiro atoms. The summed E-state index contributed by atoms with van der Waals surface area (Å²) in [5.74, 6) is 3.30. The van der Waals surface area contributed by atoms with Crippen LogP contribution in [0.5, 0.6) is 0 Å². The minimum absolute atomic E-state index is 0.00903. The Kier molecular flexibility index (Phi) is 3.05. The van der Waals surface area contributed by atoms with Crippen LogP contribution in [0.2, 0.25) is 0 Å². The van der Waals surface area contributed by atoms with E-state index in [9.17, 15) is 5.11 Å². The predicted octanol–water partition coefficient (Wildman–Crippen LogP) is 4.78. The molecule has 0 aromatic heterocycles. The SMILES string of the molecule is CC12CCCC1C1CCC3CCCCC3(C)C1[C@@H](O)C2. The zero-order valence-electron chi connectivity index (χ0n) is 13.4. The van der Waals surface area contributed by atoms with Crippen LogP contribution in [0, 0.1) is 34.5 Å². The monoisotopic (exact) mass is 276 g/mol. The zero-order chi connectivity index (χ0) is 14.0. The molecule has 7 atom stereocenters. The average molecular weight is 276 g/mol. The fourth-order valence-corrected chi connectivity index (χ4v) is 7.43. The molecule has 0 amide bonds. The minimum atomic E-state index is -0.00903. The van der Waals surface area contributed by atoms with Gasteiger partial charge in [-0.25, -0.2) is 0 Å². The van der Waals surface area contributed by atoms with Crippen LogP contribution in [-0.4, -0.2) is 11.2 Å². The highest BCUT2D eigenvalue weighted by atomic mass is 16.3. The van der Waals surface area contributed by atoms with Crippen molar-refractivity contribution in [1.29, 1.82) is 0 Å². The summed E-state index contributed by atoms with van der Waals surface area (Å²) in [6.07, 6.45) is 13.9. The maximum absolute atomic E-state index is 11.0. The van der Waals surface area contributed by atoms with Crippen LogP contribution in [0.4, 0.5) is 0 Å². The molecule has 0 aromatic rings. The quantitative estimate of drug-likeness (QED) is 0.675. The van der Waals surface area contributed by atoms with Gasteiger partial charge in [-0.3, -0.25) is 0 Å². The molecule has 1 N–H and O–H groups in total. The molecule has 0 heterocycles. The fraction of sp³-hybridized carbons (Fsp3) is 1.00. The lowest BCUT2D eigenvalue weighted by atomic mass is 9.44. The van der Waals surface area contributed by atoms with E-state index in [4.69, 9.17) is 0 Å². The number of rotatable bonds is 0. The maximum atomic E-state index is 11.0. The van der Waals surface area contributed by atoms with E-state index in [1.165, 1.54) is 57.8 Å². The van der Waals surface area contributed by atoms with Gasteiger partial charge in [-0.05, 0) is 79.4 Å². The molecular weight excluding hydrogens is 244 g/mol. The van der Waals surface area contributed by atoms with E-state index < -0.39 is 0 Å². The Morgan fingerprint density at radius 2 is 1.75 bits per heavy atom. The Labute approximate surface area is 124 Å². The van der Waals surface area contributed by atoms with Crippen LogP contribution in [-0.2, 0) is 0 Å². The van der Waals surface area contributed by atoms with Crippen molar-refractivity contribution in [2.45, 2.75) is 84.2 Å². The van der Waals surface area contributed by atoms with Crippen LogP contribution in [0.1, 0.15) is 78.1 Å². The van der Waals surface area contributed by atoms with E-state index in [1.54, 1.807) is 0 Å². The lowest BCUT2D eigenvalue weighted by Gasteiger charge is -2.61. The van der Waals surface area contributed by atoms with Crippen LogP contribution in [0.3, 0.4) is 0 Å². The van der Waals surface area contributed by atoms with Crippen molar-refractivity contribution in [2.24, 2.45) is 34.5 Å². The van der Waals surface area contributed by atoms with E-state index in [2.05, 4.69) is 13.8 Å². The van der Waals surface area contributed by atoms with Gasteiger partial charge >= 0.3 is 0 Å². The Bertz CT molecular complexity index is 391. The molecule has 0 bridgehead atoms. The lowest BCUT2D eigenvalue weighted by Crippen LogP contribution is -2.57. The van der Waals surface area contributed by atoms with Crippen molar-refractivity contribution in [1.82, 2.24) is 0 Å². The molecule has 0 aliphatic heterocycles. The molecule has 4 rings (SSSR count). The molecule has 4 aliphatic carbocycles. The summed E-state index contributed by atoms with van der Waals surface area (Å²) in [5.41, 5.74) is 0.933. The number of fused-ring (bicyclic) bond motifs is 5. The number of aliphatic hydroxyl groups is 1. The van der Waals surface area contributed by atoms with Gasteiger partial charge in [0.25, 0.3) is 0 Å². The Hall–Kier alpha value is -0.0400. The van der Waals surface area contributed by atoms with E-state index >= 15 is 0 Å². The maximum Gasteiger partial charge on any atom is 0.0581 e. The second kappa shape index (κ2) is 4.48. The molecule has 114 valence electrons. The van der Waals surface area contributed by atoms with Crippen LogP contribution in [0.15, 0.2) is 0 Å². The molecule has 6 unspecified atom stereocenters. The van der Waals surface area contributed by atoms with E-state index in [0.717, 1.165) is 24.2 Å². The largest absolute Gasteiger partial charge is 0.393 e. The summed E-state index contributed by atoms with van der Waals surface area (Å²) >= 11 is 0. The van der Waals surface area contributed by atoms with Crippen molar-refractivity contribution in [2.75, 3.05) is 0 Å². The molecule has 4 fully saturated rings. The van der Waals surface area contributed by atoms with Gasteiger partial charge < -0.3 is 5.11 Å². The first kappa shape index (κ1) is 13.6. The summed E-state index contributed by atoms with van der Waals surface area (Å²) in [4.78, 5) is 0. The van der Waals surface area contributed by atoms with Gasteiger partial charge in [-0.1, -0.05) is 33.1 Å². The summed E-state index contributed by atoms with van der Waals surface area (Å²) in [5, 5.41) is 11.0.